The van der Waals surface area contributed by atoms with E-state index in [1.165, 1.54) is 0 Å². The number of hydrogen-bond donors (Lipinski definition) is 2. The SMILES string of the molecule is COc1cccc(-c2nnc(S[C@@H](C)C(=O)NC(N)=O)n2Cc2ccco2)c1. The number of methoxy groups -OCH3 is 1. The van der Waals surface area contributed by atoms with Crippen LogP contribution in [0, 0.1) is 0 Å². The number of nitrogens with two attached hydrogens (primary N) is 1. The van der Waals surface area contributed by atoms with E-state index in [1.807, 2.05) is 34.9 Å². The Kier molecular flexibility index (Phi) is 5.99. The number of thioether (sulfide) groups is 1. The van der Waals surface area contributed by atoms with Crippen LogP contribution in [0.5, 0.6) is 5.75 Å². The van der Waals surface area contributed by atoms with Crippen LogP contribution in [0.25, 0.3) is 11.4 Å². The van der Waals surface area contributed by atoms with Gasteiger partial charge in [0, 0.05) is 5.56 Å². The van der Waals surface area contributed by atoms with Crippen LogP contribution in [-0.2, 0) is 11.3 Å². The summed E-state index contributed by atoms with van der Waals surface area (Å²) in [6.45, 7) is 2.03. The minimum absolute atomic E-state index is 0.374. The van der Waals surface area contributed by atoms with Gasteiger partial charge in [-0.2, -0.15) is 0 Å². The third kappa shape index (κ3) is 4.52. The number of carbonyl (C=O) groups excluding carboxylic acids is 2. The molecular weight excluding hydrogens is 382 g/mol. The van der Waals surface area contributed by atoms with E-state index in [2.05, 4.69) is 15.5 Å². The van der Waals surface area contributed by atoms with Gasteiger partial charge in [-0.15, -0.1) is 10.2 Å². The molecule has 3 rings (SSSR count). The average molecular weight is 401 g/mol. The van der Waals surface area contributed by atoms with Gasteiger partial charge < -0.3 is 14.9 Å². The lowest BCUT2D eigenvalue weighted by Gasteiger charge is -2.12. The van der Waals surface area contributed by atoms with E-state index in [0.29, 0.717) is 29.0 Å². The molecule has 3 aromatic rings. The van der Waals surface area contributed by atoms with E-state index in [0.717, 1.165) is 17.3 Å². The highest BCUT2D eigenvalue weighted by Gasteiger charge is 2.22. The Balaban J connectivity index is 1.94. The van der Waals surface area contributed by atoms with Gasteiger partial charge in [0.25, 0.3) is 0 Å². The summed E-state index contributed by atoms with van der Waals surface area (Å²) in [5.74, 6) is 1.49. The van der Waals surface area contributed by atoms with Crippen LogP contribution in [0.1, 0.15) is 12.7 Å². The minimum atomic E-state index is -0.897. The minimum Gasteiger partial charge on any atom is -0.497 e. The fraction of sp³-hybridized carbons (Fsp3) is 0.222. The largest absolute Gasteiger partial charge is 0.497 e. The summed E-state index contributed by atoms with van der Waals surface area (Å²) in [5.41, 5.74) is 5.82. The number of rotatable bonds is 7. The number of nitrogens with zero attached hydrogens (tertiary/aromatic N) is 3. The summed E-state index contributed by atoms with van der Waals surface area (Å²) in [4.78, 5) is 22.9. The van der Waals surface area contributed by atoms with E-state index in [-0.39, 0.29) is 0 Å². The lowest BCUT2D eigenvalue weighted by Crippen LogP contribution is -2.39. The quantitative estimate of drug-likeness (QED) is 0.582. The fourth-order valence-electron chi connectivity index (χ4n) is 2.49. The van der Waals surface area contributed by atoms with E-state index >= 15 is 0 Å². The molecule has 0 bridgehead atoms. The van der Waals surface area contributed by atoms with Crippen molar-refractivity contribution in [2.45, 2.75) is 23.9 Å². The molecule has 3 N–H and O–H groups in total. The van der Waals surface area contributed by atoms with Crippen molar-refractivity contribution in [3.63, 3.8) is 0 Å². The van der Waals surface area contributed by atoms with Gasteiger partial charge in [0.05, 0.1) is 25.2 Å². The molecule has 10 heteroatoms. The molecule has 0 aliphatic rings. The standard InChI is InChI=1S/C18H19N5O4S/c1-11(16(24)20-17(19)25)28-18-22-21-15(12-5-3-6-13(9-12)26-2)23(18)10-14-7-4-8-27-14/h3-9,11H,10H2,1-2H3,(H3,19,20,24,25)/t11-/m0/s1. The number of hydrogen-bond acceptors (Lipinski definition) is 7. The number of nitrogens with one attached hydrogen (secondary N) is 1. The van der Waals surface area contributed by atoms with Crippen LogP contribution in [0.4, 0.5) is 4.79 Å². The van der Waals surface area contributed by atoms with Crippen molar-refractivity contribution in [2.75, 3.05) is 7.11 Å². The predicted molar refractivity (Wildman–Crippen MR) is 103 cm³/mol. The third-order valence-electron chi connectivity index (χ3n) is 3.84. The van der Waals surface area contributed by atoms with Crippen LogP contribution >= 0.6 is 11.8 Å². The first-order valence-electron chi connectivity index (χ1n) is 8.35. The molecule has 0 saturated carbocycles. The fourth-order valence-corrected chi connectivity index (χ4v) is 3.34. The molecule has 0 radical (unpaired) electrons. The maximum Gasteiger partial charge on any atom is 0.318 e. The summed E-state index contributed by atoms with van der Waals surface area (Å²) in [7, 11) is 1.59. The van der Waals surface area contributed by atoms with Crippen molar-refractivity contribution in [3.8, 4) is 17.1 Å². The van der Waals surface area contributed by atoms with Crippen molar-refractivity contribution >= 4 is 23.7 Å². The maximum absolute atomic E-state index is 12.0. The van der Waals surface area contributed by atoms with Gasteiger partial charge in [-0.25, -0.2) is 4.79 Å². The molecule has 0 aliphatic heterocycles. The van der Waals surface area contributed by atoms with Crippen molar-refractivity contribution in [1.82, 2.24) is 20.1 Å². The van der Waals surface area contributed by atoms with E-state index < -0.39 is 17.2 Å². The van der Waals surface area contributed by atoms with E-state index in [9.17, 15) is 9.59 Å². The number of imide groups is 1. The van der Waals surface area contributed by atoms with Crippen LogP contribution in [0.3, 0.4) is 0 Å². The van der Waals surface area contributed by atoms with Gasteiger partial charge in [-0.3, -0.25) is 14.7 Å². The first kappa shape index (κ1) is 19.5. The summed E-state index contributed by atoms with van der Waals surface area (Å²) in [6.07, 6.45) is 1.58. The molecule has 1 atom stereocenters. The maximum atomic E-state index is 12.0. The van der Waals surface area contributed by atoms with Crippen molar-refractivity contribution in [2.24, 2.45) is 5.73 Å². The van der Waals surface area contributed by atoms with Gasteiger partial charge in [0.1, 0.15) is 11.5 Å². The Hall–Kier alpha value is -3.27. The summed E-state index contributed by atoms with van der Waals surface area (Å²) >= 11 is 1.16. The van der Waals surface area contributed by atoms with Gasteiger partial charge >= 0.3 is 6.03 Å². The Bertz CT molecular complexity index is 970. The lowest BCUT2D eigenvalue weighted by molar-refractivity contribution is -0.119. The molecule has 0 fully saturated rings. The molecule has 28 heavy (non-hydrogen) atoms. The van der Waals surface area contributed by atoms with E-state index in [1.54, 1.807) is 26.4 Å². The Morgan fingerprint density at radius 3 is 2.82 bits per heavy atom. The van der Waals surface area contributed by atoms with Crippen molar-refractivity contribution in [3.05, 3.63) is 48.4 Å². The second-order valence-corrected chi connectivity index (χ2v) is 7.13. The molecule has 2 heterocycles. The number of ether oxygens (including phenoxy) is 1. The number of aromatic nitrogens is 3. The predicted octanol–water partition coefficient (Wildman–Crippen LogP) is 2.27. The molecule has 146 valence electrons. The smallest absolute Gasteiger partial charge is 0.318 e. The van der Waals surface area contributed by atoms with Gasteiger partial charge in [-0.05, 0) is 31.2 Å². The zero-order valence-corrected chi connectivity index (χ0v) is 16.1. The zero-order chi connectivity index (χ0) is 20.1. The van der Waals surface area contributed by atoms with Gasteiger partial charge in [0.2, 0.25) is 5.91 Å². The molecule has 0 aliphatic carbocycles. The number of amides is 3. The van der Waals surface area contributed by atoms with Crippen LogP contribution in [0.2, 0.25) is 0 Å². The molecule has 2 aromatic heterocycles. The van der Waals surface area contributed by atoms with E-state index in [4.69, 9.17) is 14.9 Å². The second kappa shape index (κ2) is 8.61. The lowest BCUT2D eigenvalue weighted by atomic mass is 10.2. The molecular formula is C18H19N5O4S. The Morgan fingerprint density at radius 1 is 1.32 bits per heavy atom. The molecule has 0 saturated heterocycles. The highest BCUT2D eigenvalue weighted by atomic mass is 32.2. The second-order valence-electron chi connectivity index (χ2n) is 5.82. The van der Waals surface area contributed by atoms with Gasteiger partial charge in [-0.1, -0.05) is 23.9 Å². The normalized spacial score (nSPS) is 11.8. The first-order chi connectivity index (χ1) is 13.5. The van der Waals surface area contributed by atoms with Crippen molar-refractivity contribution < 1.29 is 18.7 Å². The molecule has 0 unspecified atom stereocenters. The number of furan rings is 1. The Labute approximate surface area is 165 Å². The number of primary amides is 1. The summed E-state index contributed by atoms with van der Waals surface area (Å²) in [6, 6.07) is 10.2. The van der Waals surface area contributed by atoms with Crippen LogP contribution in [-0.4, -0.2) is 39.1 Å². The topological polar surface area (TPSA) is 125 Å². The van der Waals surface area contributed by atoms with Crippen LogP contribution in [0.15, 0.2) is 52.2 Å². The molecule has 1 aromatic carbocycles. The average Bonchev–Trinajstić information content (AvgIpc) is 3.32. The molecule has 3 amide bonds. The molecule has 0 spiro atoms. The zero-order valence-electron chi connectivity index (χ0n) is 15.3. The number of urea groups is 1. The third-order valence-corrected chi connectivity index (χ3v) is 4.92. The Morgan fingerprint density at radius 2 is 2.14 bits per heavy atom. The summed E-state index contributed by atoms with van der Waals surface area (Å²) < 4.78 is 12.6. The highest BCUT2D eigenvalue weighted by molar-refractivity contribution is 8.00. The van der Waals surface area contributed by atoms with Crippen LogP contribution < -0.4 is 15.8 Å². The van der Waals surface area contributed by atoms with Crippen molar-refractivity contribution in [1.29, 1.82) is 0 Å². The number of carbonyl (C=O) groups is 2. The molecule has 9 nitrogen and oxygen atoms in total. The highest BCUT2D eigenvalue weighted by Crippen LogP contribution is 2.29. The van der Waals surface area contributed by atoms with Gasteiger partial charge in [0.15, 0.2) is 11.0 Å². The number of benzene rings is 1. The summed E-state index contributed by atoms with van der Waals surface area (Å²) in [5, 5.41) is 10.5. The monoisotopic (exact) mass is 401 g/mol. The first-order valence-corrected chi connectivity index (χ1v) is 9.23.